The van der Waals surface area contributed by atoms with Crippen molar-refractivity contribution in [3.8, 4) is 0 Å². The van der Waals surface area contributed by atoms with Crippen molar-refractivity contribution in [2.75, 3.05) is 0 Å². The molecule has 0 saturated heterocycles. The van der Waals surface area contributed by atoms with Crippen LogP contribution in [0.5, 0.6) is 0 Å². The van der Waals surface area contributed by atoms with Crippen molar-refractivity contribution < 1.29 is 14.0 Å². The molecule has 0 aromatic heterocycles. The normalized spacial score (nSPS) is 21.0. The van der Waals surface area contributed by atoms with E-state index in [1.165, 1.54) is 0 Å². The average molecular weight is 396 g/mol. The van der Waals surface area contributed by atoms with Gasteiger partial charge < -0.3 is 14.5 Å². The molecular weight excluding hydrogens is 366 g/mol. The van der Waals surface area contributed by atoms with Crippen LogP contribution in [0.1, 0.15) is 45.6 Å². The van der Waals surface area contributed by atoms with Gasteiger partial charge in [0.1, 0.15) is 16.9 Å². The highest BCUT2D eigenvalue weighted by atomic mass is 35.5. The zero-order valence-electron chi connectivity index (χ0n) is 16.6. The first-order valence-corrected chi connectivity index (χ1v) is 12.9. The highest BCUT2D eigenvalue weighted by molar-refractivity contribution is 6.70. The van der Waals surface area contributed by atoms with E-state index < -0.39 is 25.6 Å². The topological polar surface area (TPSA) is 47.6 Å². The molecule has 1 aliphatic rings. The number of allylic oxidation sites excluding steroid dienone is 1. The molecule has 1 aromatic carbocycles. The lowest BCUT2D eigenvalue weighted by Crippen LogP contribution is -2.52. The monoisotopic (exact) mass is 395 g/mol. The number of nitrogens with one attached hydrogen (secondary N) is 1. The molecule has 4 nitrogen and oxygen atoms in total. The van der Waals surface area contributed by atoms with Crippen LogP contribution in [0.15, 0.2) is 36.1 Å². The van der Waals surface area contributed by atoms with Gasteiger partial charge in [-0.15, -0.1) is 0 Å². The van der Waals surface area contributed by atoms with Crippen LogP contribution in [0, 0.1) is 0 Å². The van der Waals surface area contributed by atoms with Crippen LogP contribution >= 0.6 is 11.6 Å². The molecule has 0 unspecified atom stereocenters. The predicted octanol–water partition coefficient (Wildman–Crippen LogP) is 5.98. The van der Waals surface area contributed by atoms with Crippen molar-refractivity contribution in [1.29, 1.82) is 0 Å². The lowest BCUT2D eigenvalue weighted by atomic mass is 9.79. The van der Waals surface area contributed by atoms with Crippen molar-refractivity contribution in [2.45, 2.75) is 70.8 Å². The molecule has 2 rings (SSSR count). The standard InChI is InChI=1S/C20H30ClNO3Si/c1-19(2,3)24-18(23)22-20(15-11-7-8-12-16(15)21)14-10-9-13-17(20)25-26(4,5)6/h7-8,11-13H,9-10,14H2,1-6H3,(H,22,23)/t20-/m1/s1. The zero-order chi connectivity index (χ0) is 19.6. The van der Waals surface area contributed by atoms with E-state index in [0.717, 1.165) is 24.2 Å². The van der Waals surface area contributed by atoms with E-state index in [9.17, 15) is 4.79 Å². The van der Waals surface area contributed by atoms with Gasteiger partial charge in [0.2, 0.25) is 8.32 Å². The van der Waals surface area contributed by atoms with Crippen LogP contribution in [0.25, 0.3) is 0 Å². The Hall–Kier alpha value is -1.46. The maximum Gasteiger partial charge on any atom is 0.408 e. The Balaban J connectivity index is 2.51. The minimum atomic E-state index is -1.89. The number of carbonyl (C=O) groups excluding carboxylic acids is 1. The molecule has 1 aromatic rings. The smallest absolute Gasteiger partial charge is 0.408 e. The second kappa shape index (κ2) is 7.65. The van der Waals surface area contributed by atoms with Gasteiger partial charge in [0.25, 0.3) is 0 Å². The first kappa shape index (κ1) is 20.8. The Morgan fingerprint density at radius 2 is 1.88 bits per heavy atom. The summed E-state index contributed by atoms with van der Waals surface area (Å²) in [4.78, 5) is 12.7. The Morgan fingerprint density at radius 1 is 1.23 bits per heavy atom. The zero-order valence-corrected chi connectivity index (χ0v) is 18.4. The fraction of sp³-hybridized carbons (Fsp3) is 0.550. The number of alkyl carbamates (subject to hydrolysis) is 1. The Labute approximate surface area is 163 Å². The third kappa shape index (κ3) is 5.27. The van der Waals surface area contributed by atoms with E-state index in [1.807, 2.05) is 45.0 Å². The summed E-state index contributed by atoms with van der Waals surface area (Å²) >= 11 is 6.54. The summed E-state index contributed by atoms with van der Waals surface area (Å²) in [5.74, 6) is 0.780. The van der Waals surface area contributed by atoms with Gasteiger partial charge >= 0.3 is 6.09 Å². The molecule has 0 radical (unpaired) electrons. The minimum absolute atomic E-state index is 0.468. The first-order valence-electron chi connectivity index (χ1n) is 9.09. The fourth-order valence-corrected chi connectivity index (χ4v) is 4.31. The number of rotatable bonds is 4. The van der Waals surface area contributed by atoms with E-state index >= 15 is 0 Å². The van der Waals surface area contributed by atoms with Gasteiger partial charge in [0, 0.05) is 10.6 Å². The summed E-state index contributed by atoms with van der Waals surface area (Å²) in [5, 5.41) is 3.71. The first-order chi connectivity index (χ1) is 11.9. The van der Waals surface area contributed by atoms with Crippen LogP contribution in [0.3, 0.4) is 0 Å². The quantitative estimate of drug-likeness (QED) is 0.638. The molecule has 0 fully saturated rings. The van der Waals surface area contributed by atoms with Crippen LogP contribution in [0.4, 0.5) is 4.79 Å². The summed E-state index contributed by atoms with van der Waals surface area (Å²) in [7, 11) is -1.89. The largest absolute Gasteiger partial charge is 0.546 e. The number of hydrogen-bond donors (Lipinski definition) is 1. The average Bonchev–Trinajstić information content (AvgIpc) is 2.46. The summed E-state index contributed by atoms with van der Waals surface area (Å²) in [6.45, 7) is 12.0. The molecule has 144 valence electrons. The molecule has 26 heavy (non-hydrogen) atoms. The van der Waals surface area contributed by atoms with Gasteiger partial charge in [-0.1, -0.05) is 29.8 Å². The number of halogens is 1. The number of carbonyl (C=O) groups is 1. The van der Waals surface area contributed by atoms with Crippen LogP contribution in [-0.2, 0) is 14.7 Å². The van der Waals surface area contributed by atoms with E-state index in [1.54, 1.807) is 0 Å². The third-order valence-electron chi connectivity index (χ3n) is 3.97. The molecule has 0 bridgehead atoms. The maximum atomic E-state index is 12.7. The molecule has 6 heteroatoms. The fourth-order valence-electron chi connectivity index (χ4n) is 3.10. The molecule has 1 aliphatic carbocycles. The molecule has 1 amide bonds. The van der Waals surface area contributed by atoms with Crippen molar-refractivity contribution >= 4 is 26.0 Å². The summed E-state index contributed by atoms with van der Waals surface area (Å²) in [5.41, 5.74) is -0.542. The van der Waals surface area contributed by atoms with E-state index in [2.05, 4.69) is 31.0 Å². The lowest BCUT2D eigenvalue weighted by Gasteiger charge is -2.42. The SMILES string of the molecule is CC(C)(C)OC(=O)N[C@@]1(c2ccccc2Cl)CCCC=C1O[Si](C)(C)C. The summed E-state index contributed by atoms with van der Waals surface area (Å²) in [6.07, 6.45) is 4.18. The highest BCUT2D eigenvalue weighted by Crippen LogP contribution is 2.43. The second-order valence-electron chi connectivity index (χ2n) is 8.69. The van der Waals surface area contributed by atoms with Gasteiger partial charge in [-0.05, 0) is 71.8 Å². The Bertz CT molecular complexity index is 691. The predicted molar refractivity (Wildman–Crippen MR) is 109 cm³/mol. The highest BCUT2D eigenvalue weighted by Gasteiger charge is 2.44. The van der Waals surface area contributed by atoms with Crippen molar-refractivity contribution in [3.63, 3.8) is 0 Å². The molecule has 0 spiro atoms. The van der Waals surface area contributed by atoms with Crippen molar-refractivity contribution in [2.24, 2.45) is 0 Å². The van der Waals surface area contributed by atoms with Gasteiger partial charge in [-0.3, -0.25) is 0 Å². The van der Waals surface area contributed by atoms with E-state index in [-0.39, 0.29) is 0 Å². The van der Waals surface area contributed by atoms with Gasteiger partial charge in [0.05, 0.1) is 0 Å². The van der Waals surface area contributed by atoms with Gasteiger partial charge in [-0.2, -0.15) is 0 Å². The molecule has 0 aliphatic heterocycles. The number of hydrogen-bond acceptors (Lipinski definition) is 3. The lowest BCUT2D eigenvalue weighted by molar-refractivity contribution is 0.0434. The molecule has 0 heterocycles. The molecule has 1 atom stereocenters. The molecule has 0 saturated carbocycles. The minimum Gasteiger partial charge on any atom is -0.546 e. The van der Waals surface area contributed by atoms with E-state index in [4.69, 9.17) is 20.8 Å². The van der Waals surface area contributed by atoms with Crippen LogP contribution in [0.2, 0.25) is 24.7 Å². The maximum absolute atomic E-state index is 12.7. The summed E-state index contributed by atoms with van der Waals surface area (Å²) < 4.78 is 11.9. The van der Waals surface area contributed by atoms with Crippen LogP contribution in [-0.4, -0.2) is 20.0 Å². The van der Waals surface area contributed by atoms with Crippen molar-refractivity contribution in [3.05, 3.63) is 46.7 Å². The summed E-state index contributed by atoms with van der Waals surface area (Å²) in [6, 6.07) is 7.61. The second-order valence-corrected chi connectivity index (χ2v) is 13.5. The Kier molecular flexibility index (Phi) is 6.13. The van der Waals surface area contributed by atoms with Gasteiger partial charge in [-0.25, -0.2) is 4.79 Å². The molecular formula is C20H30ClNO3Si. The molecule has 1 N–H and O–H groups in total. The van der Waals surface area contributed by atoms with Crippen molar-refractivity contribution in [1.82, 2.24) is 5.32 Å². The third-order valence-corrected chi connectivity index (χ3v) is 5.13. The van der Waals surface area contributed by atoms with E-state index in [0.29, 0.717) is 11.4 Å². The number of amides is 1. The number of ether oxygens (including phenoxy) is 1. The van der Waals surface area contributed by atoms with Crippen LogP contribution < -0.4 is 5.32 Å². The van der Waals surface area contributed by atoms with Gasteiger partial charge in [0.15, 0.2) is 0 Å². The number of benzene rings is 1. The Morgan fingerprint density at radius 3 is 2.46 bits per heavy atom.